The Morgan fingerprint density at radius 1 is 1.52 bits per heavy atom. The van der Waals surface area contributed by atoms with Crippen LogP contribution in [0.1, 0.15) is 52.9 Å². The zero-order chi connectivity index (χ0) is 17.4. The maximum Gasteiger partial charge on any atom is 0.159 e. The third-order valence-electron chi connectivity index (χ3n) is 6.36. The van der Waals surface area contributed by atoms with Gasteiger partial charge in [-0.2, -0.15) is 0 Å². The molecule has 0 amide bonds. The van der Waals surface area contributed by atoms with Crippen LogP contribution in [-0.2, 0) is 4.79 Å². The molecule has 0 bridgehead atoms. The van der Waals surface area contributed by atoms with Crippen LogP contribution in [0.15, 0.2) is 36.0 Å². The Morgan fingerprint density at radius 2 is 2.17 bits per heavy atom. The molecule has 0 aromatic rings. The predicted molar refractivity (Wildman–Crippen MR) is 92.9 cm³/mol. The second kappa shape index (κ2) is 6.37. The summed E-state index contributed by atoms with van der Waals surface area (Å²) in [5, 5.41) is 20.3. The second-order valence-corrected chi connectivity index (χ2v) is 7.61. The van der Waals surface area contributed by atoms with E-state index in [-0.39, 0.29) is 12.4 Å². The Balaban J connectivity index is 2.45. The summed E-state index contributed by atoms with van der Waals surface area (Å²) in [5.74, 6) is 0.623. The molecule has 0 saturated heterocycles. The topological polar surface area (TPSA) is 57.5 Å². The van der Waals surface area contributed by atoms with Gasteiger partial charge in [-0.3, -0.25) is 4.79 Å². The van der Waals surface area contributed by atoms with Crippen LogP contribution in [0.25, 0.3) is 0 Å². The maximum atomic E-state index is 12.5. The highest BCUT2D eigenvalue weighted by molar-refractivity contribution is 6.01. The molecule has 3 heteroatoms. The van der Waals surface area contributed by atoms with Crippen molar-refractivity contribution in [2.24, 2.45) is 16.7 Å². The molecule has 0 spiro atoms. The van der Waals surface area contributed by atoms with Gasteiger partial charge in [0, 0.05) is 29.4 Å². The van der Waals surface area contributed by atoms with Crippen molar-refractivity contribution in [1.29, 1.82) is 0 Å². The maximum absolute atomic E-state index is 12.5. The van der Waals surface area contributed by atoms with E-state index in [1.807, 2.05) is 6.92 Å². The summed E-state index contributed by atoms with van der Waals surface area (Å²) in [6.45, 7) is 14.2. The SMILES string of the molecule is C=CC(C)(CCO)C(O)C(=C)C12CCC(=O)C1=C(C)C(C)CC2. The molecule has 4 atom stereocenters. The molecule has 2 rings (SSSR count). The van der Waals surface area contributed by atoms with Gasteiger partial charge in [0.25, 0.3) is 0 Å². The zero-order valence-corrected chi connectivity index (χ0v) is 14.7. The minimum Gasteiger partial charge on any atom is -0.396 e. The number of rotatable bonds is 6. The molecule has 0 aliphatic heterocycles. The fourth-order valence-electron chi connectivity index (χ4n) is 4.35. The Morgan fingerprint density at radius 3 is 2.74 bits per heavy atom. The number of fused-ring (bicyclic) bond motifs is 1. The number of carbonyl (C=O) groups excluding carboxylic acids is 1. The first kappa shape index (κ1) is 18.2. The first-order valence-corrected chi connectivity index (χ1v) is 8.59. The largest absolute Gasteiger partial charge is 0.396 e. The van der Waals surface area contributed by atoms with Gasteiger partial charge < -0.3 is 10.2 Å². The first-order valence-electron chi connectivity index (χ1n) is 8.59. The van der Waals surface area contributed by atoms with Crippen molar-refractivity contribution in [3.63, 3.8) is 0 Å². The van der Waals surface area contributed by atoms with E-state index in [1.165, 1.54) is 0 Å². The molecule has 0 radical (unpaired) electrons. The highest BCUT2D eigenvalue weighted by atomic mass is 16.3. The molecule has 2 aliphatic carbocycles. The van der Waals surface area contributed by atoms with Crippen LogP contribution in [-0.4, -0.2) is 28.7 Å². The Bertz CT molecular complexity index is 559. The number of hydrogen-bond donors (Lipinski definition) is 2. The van der Waals surface area contributed by atoms with Crippen molar-refractivity contribution in [3.05, 3.63) is 36.0 Å². The molecule has 1 fully saturated rings. The van der Waals surface area contributed by atoms with Crippen molar-refractivity contribution >= 4 is 5.78 Å². The standard InChI is InChI=1S/C20H30O3/c1-6-19(5,11-12-21)18(23)15(4)20-9-7-13(2)14(3)17(20)16(22)8-10-20/h6,13,18,21,23H,1,4,7-12H2,2-3,5H3. The molecule has 4 unspecified atom stereocenters. The van der Waals surface area contributed by atoms with Gasteiger partial charge in [0.05, 0.1) is 6.10 Å². The van der Waals surface area contributed by atoms with Gasteiger partial charge in [0.2, 0.25) is 0 Å². The van der Waals surface area contributed by atoms with Gasteiger partial charge in [0.1, 0.15) is 0 Å². The summed E-state index contributed by atoms with van der Waals surface area (Å²) < 4.78 is 0. The van der Waals surface area contributed by atoms with Gasteiger partial charge >= 0.3 is 0 Å². The second-order valence-electron chi connectivity index (χ2n) is 7.61. The molecule has 1 saturated carbocycles. The van der Waals surface area contributed by atoms with E-state index in [4.69, 9.17) is 0 Å². The summed E-state index contributed by atoms with van der Waals surface area (Å²) in [4.78, 5) is 12.5. The fourth-order valence-corrected chi connectivity index (χ4v) is 4.35. The highest BCUT2D eigenvalue weighted by Gasteiger charge is 2.52. The van der Waals surface area contributed by atoms with Crippen molar-refractivity contribution in [2.45, 2.75) is 59.0 Å². The van der Waals surface area contributed by atoms with Crippen LogP contribution >= 0.6 is 0 Å². The average molecular weight is 318 g/mol. The van der Waals surface area contributed by atoms with Gasteiger partial charge in [-0.15, -0.1) is 6.58 Å². The summed E-state index contributed by atoms with van der Waals surface area (Å²) in [6.07, 6.45) is 4.48. The Hall–Kier alpha value is -1.19. The third kappa shape index (κ3) is 2.74. The number of Topliss-reactive ketones (excluding diaryl/α,β-unsaturated/α-hetero) is 1. The molecule has 2 N–H and O–H groups in total. The number of allylic oxidation sites excluding steroid dienone is 2. The monoisotopic (exact) mass is 318 g/mol. The molecule has 3 nitrogen and oxygen atoms in total. The normalized spacial score (nSPS) is 31.5. The number of aliphatic hydroxyl groups excluding tert-OH is 2. The smallest absolute Gasteiger partial charge is 0.159 e. The molecular formula is C20H30O3. The van der Waals surface area contributed by atoms with E-state index >= 15 is 0 Å². The van der Waals surface area contributed by atoms with E-state index in [1.54, 1.807) is 6.08 Å². The lowest BCUT2D eigenvalue weighted by Gasteiger charge is -2.44. The summed E-state index contributed by atoms with van der Waals surface area (Å²) in [6, 6.07) is 0. The minimum atomic E-state index is -0.811. The van der Waals surface area contributed by atoms with E-state index in [2.05, 4.69) is 27.0 Å². The van der Waals surface area contributed by atoms with Crippen LogP contribution in [0.3, 0.4) is 0 Å². The fraction of sp³-hybridized carbons (Fsp3) is 0.650. The lowest BCUT2D eigenvalue weighted by atomic mass is 9.61. The van der Waals surface area contributed by atoms with Crippen molar-refractivity contribution in [1.82, 2.24) is 0 Å². The summed E-state index contributed by atoms with van der Waals surface area (Å²) in [7, 11) is 0. The summed E-state index contributed by atoms with van der Waals surface area (Å²) >= 11 is 0. The van der Waals surface area contributed by atoms with E-state index < -0.39 is 16.9 Å². The molecule has 128 valence electrons. The lowest BCUT2D eigenvalue weighted by molar-refractivity contribution is -0.114. The van der Waals surface area contributed by atoms with Crippen molar-refractivity contribution < 1.29 is 15.0 Å². The first-order chi connectivity index (χ1) is 10.7. The van der Waals surface area contributed by atoms with Crippen molar-refractivity contribution in [2.75, 3.05) is 6.61 Å². The van der Waals surface area contributed by atoms with E-state index in [0.29, 0.717) is 18.8 Å². The Labute approximate surface area is 139 Å². The van der Waals surface area contributed by atoms with E-state index in [9.17, 15) is 15.0 Å². The molecule has 0 heterocycles. The van der Waals surface area contributed by atoms with Crippen LogP contribution in [0, 0.1) is 16.7 Å². The van der Waals surface area contributed by atoms with Gasteiger partial charge in [-0.1, -0.05) is 32.1 Å². The number of carbonyl (C=O) groups is 1. The van der Waals surface area contributed by atoms with Crippen LogP contribution < -0.4 is 0 Å². The minimum absolute atomic E-state index is 0.0163. The zero-order valence-electron chi connectivity index (χ0n) is 14.7. The van der Waals surface area contributed by atoms with E-state index in [0.717, 1.165) is 36.0 Å². The van der Waals surface area contributed by atoms with Crippen LogP contribution in [0.2, 0.25) is 0 Å². The van der Waals surface area contributed by atoms with Crippen LogP contribution in [0.5, 0.6) is 0 Å². The number of hydrogen-bond acceptors (Lipinski definition) is 3. The van der Waals surface area contributed by atoms with Gasteiger partial charge in [-0.25, -0.2) is 0 Å². The number of ketones is 1. The Kier molecular flexibility index (Phi) is 5.03. The molecule has 0 aromatic carbocycles. The highest BCUT2D eigenvalue weighted by Crippen LogP contribution is 2.57. The predicted octanol–water partition coefficient (Wildman–Crippen LogP) is 3.57. The molecule has 0 aromatic heterocycles. The third-order valence-corrected chi connectivity index (χ3v) is 6.36. The lowest BCUT2D eigenvalue weighted by Crippen LogP contribution is -2.41. The number of aliphatic hydroxyl groups is 2. The molecule has 2 aliphatic rings. The van der Waals surface area contributed by atoms with Gasteiger partial charge in [-0.05, 0) is 44.1 Å². The average Bonchev–Trinajstić information content (AvgIpc) is 2.88. The molecular weight excluding hydrogens is 288 g/mol. The quantitative estimate of drug-likeness (QED) is 0.736. The van der Waals surface area contributed by atoms with Gasteiger partial charge in [0.15, 0.2) is 5.78 Å². The summed E-state index contributed by atoms with van der Waals surface area (Å²) in [5.41, 5.74) is 1.76. The molecule has 23 heavy (non-hydrogen) atoms. The van der Waals surface area contributed by atoms with Crippen LogP contribution in [0.4, 0.5) is 0 Å². The van der Waals surface area contributed by atoms with Crippen molar-refractivity contribution in [3.8, 4) is 0 Å².